The molecule has 0 radical (unpaired) electrons. The second kappa shape index (κ2) is 10.6. The van der Waals surface area contributed by atoms with Crippen molar-refractivity contribution in [1.82, 2.24) is 15.1 Å². The Labute approximate surface area is 138 Å². The van der Waals surface area contributed by atoms with E-state index in [0.29, 0.717) is 0 Å². The SMILES string of the molecule is CCN(CC)CCCNC1CCN(CC2CCCCC2)CC1. The molecule has 1 aliphatic carbocycles. The molecule has 1 aliphatic heterocycles. The van der Waals surface area contributed by atoms with Gasteiger partial charge >= 0.3 is 0 Å². The molecule has 0 amide bonds. The third-order valence-electron chi connectivity index (χ3n) is 5.81. The zero-order valence-corrected chi connectivity index (χ0v) is 15.2. The second-order valence-corrected chi connectivity index (χ2v) is 7.41. The van der Waals surface area contributed by atoms with Crippen LogP contribution in [-0.2, 0) is 0 Å². The first-order valence-corrected chi connectivity index (χ1v) is 10.00. The predicted octanol–water partition coefficient (Wildman–Crippen LogP) is 3.35. The van der Waals surface area contributed by atoms with Crippen LogP contribution in [0.1, 0.15) is 65.2 Å². The Morgan fingerprint density at radius 2 is 1.64 bits per heavy atom. The van der Waals surface area contributed by atoms with Gasteiger partial charge in [-0.05, 0) is 77.3 Å². The van der Waals surface area contributed by atoms with E-state index in [1.54, 1.807) is 0 Å². The molecule has 0 spiro atoms. The van der Waals surface area contributed by atoms with Crippen LogP contribution in [0.5, 0.6) is 0 Å². The van der Waals surface area contributed by atoms with Gasteiger partial charge in [-0.1, -0.05) is 33.1 Å². The number of nitrogens with one attached hydrogen (secondary N) is 1. The minimum atomic E-state index is 0.777. The quantitative estimate of drug-likeness (QED) is 0.659. The van der Waals surface area contributed by atoms with Crippen molar-refractivity contribution in [2.75, 3.05) is 45.8 Å². The smallest absolute Gasteiger partial charge is 0.00914 e. The zero-order chi connectivity index (χ0) is 15.6. The molecule has 2 aliphatic rings. The Kier molecular flexibility index (Phi) is 8.79. The highest BCUT2D eigenvalue weighted by molar-refractivity contribution is 4.79. The normalized spacial score (nSPS) is 22.5. The minimum Gasteiger partial charge on any atom is -0.314 e. The van der Waals surface area contributed by atoms with Crippen molar-refractivity contribution < 1.29 is 0 Å². The van der Waals surface area contributed by atoms with Crippen LogP contribution < -0.4 is 5.32 Å². The molecular formula is C19H39N3. The molecule has 0 aromatic rings. The molecule has 130 valence electrons. The molecule has 2 rings (SSSR count). The van der Waals surface area contributed by atoms with Crippen LogP contribution in [0, 0.1) is 5.92 Å². The summed E-state index contributed by atoms with van der Waals surface area (Å²) in [6.07, 6.45) is 11.4. The number of hydrogen-bond acceptors (Lipinski definition) is 3. The lowest BCUT2D eigenvalue weighted by Crippen LogP contribution is -2.44. The molecule has 1 heterocycles. The van der Waals surface area contributed by atoms with E-state index in [1.165, 1.54) is 97.2 Å². The summed E-state index contributed by atoms with van der Waals surface area (Å²) in [4.78, 5) is 5.26. The average molecular weight is 310 g/mol. The third-order valence-corrected chi connectivity index (χ3v) is 5.81. The van der Waals surface area contributed by atoms with Crippen molar-refractivity contribution in [3.63, 3.8) is 0 Å². The monoisotopic (exact) mass is 309 g/mol. The van der Waals surface area contributed by atoms with Gasteiger partial charge in [0.2, 0.25) is 0 Å². The fourth-order valence-corrected chi connectivity index (χ4v) is 4.20. The summed E-state index contributed by atoms with van der Waals surface area (Å²) >= 11 is 0. The minimum absolute atomic E-state index is 0.777. The number of rotatable bonds is 9. The Morgan fingerprint density at radius 3 is 2.27 bits per heavy atom. The van der Waals surface area contributed by atoms with Gasteiger partial charge < -0.3 is 15.1 Å². The molecule has 0 bridgehead atoms. The highest BCUT2D eigenvalue weighted by atomic mass is 15.1. The summed E-state index contributed by atoms with van der Waals surface area (Å²) in [6, 6.07) is 0.777. The Balaban J connectivity index is 1.51. The summed E-state index contributed by atoms with van der Waals surface area (Å²) in [5.41, 5.74) is 0. The van der Waals surface area contributed by atoms with Crippen LogP contribution in [0.3, 0.4) is 0 Å². The van der Waals surface area contributed by atoms with Crippen LogP contribution in [-0.4, -0.2) is 61.7 Å². The molecule has 3 heteroatoms. The van der Waals surface area contributed by atoms with Crippen molar-refractivity contribution in [2.24, 2.45) is 5.92 Å². The largest absolute Gasteiger partial charge is 0.314 e. The molecule has 22 heavy (non-hydrogen) atoms. The predicted molar refractivity (Wildman–Crippen MR) is 96.4 cm³/mol. The Bertz CT molecular complexity index is 264. The maximum absolute atomic E-state index is 3.80. The molecule has 1 N–H and O–H groups in total. The summed E-state index contributed by atoms with van der Waals surface area (Å²) in [6.45, 7) is 13.4. The van der Waals surface area contributed by atoms with Crippen LogP contribution >= 0.6 is 0 Å². The first-order chi connectivity index (χ1) is 10.8. The van der Waals surface area contributed by atoms with Crippen LogP contribution in [0.2, 0.25) is 0 Å². The number of likely N-dealkylation sites (tertiary alicyclic amines) is 1. The molecule has 0 unspecified atom stereocenters. The van der Waals surface area contributed by atoms with E-state index in [2.05, 4.69) is 29.0 Å². The molecule has 2 fully saturated rings. The summed E-state index contributed by atoms with van der Waals surface area (Å²) in [5.74, 6) is 1.01. The number of hydrogen-bond donors (Lipinski definition) is 1. The van der Waals surface area contributed by atoms with E-state index >= 15 is 0 Å². The van der Waals surface area contributed by atoms with Crippen molar-refractivity contribution in [3.05, 3.63) is 0 Å². The van der Waals surface area contributed by atoms with Crippen molar-refractivity contribution in [3.8, 4) is 0 Å². The number of nitrogens with zero attached hydrogens (tertiary/aromatic N) is 2. The fourth-order valence-electron chi connectivity index (χ4n) is 4.20. The Morgan fingerprint density at radius 1 is 0.955 bits per heavy atom. The molecule has 0 aromatic heterocycles. The summed E-state index contributed by atoms with van der Waals surface area (Å²) in [7, 11) is 0. The lowest BCUT2D eigenvalue weighted by Gasteiger charge is -2.35. The van der Waals surface area contributed by atoms with E-state index in [-0.39, 0.29) is 0 Å². The topological polar surface area (TPSA) is 18.5 Å². The first kappa shape index (κ1) is 18.2. The van der Waals surface area contributed by atoms with Crippen LogP contribution in [0.25, 0.3) is 0 Å². The van der Waals surface area contributed by atoms with Gasteiger partial charge in [0, 0.05) is 12.6 Å². The molecular weight excluding hydrogens is 270 g/mol. The highest BCUT2D eigenvalue weighted by Gasteiger charge is 2.22. The maximum atomic E-state index is 3.80. The van der Waals surface area contributed by atoms with Gasteiger partial charge in [0.25, 0.3) is 0 Å². The summed E-state index contributed by atoms with van der Waals surface area (Å²) < 4.78 is 0. The average Bonchev–Trinajstić information content (AvgIpc) is 2.57. The van der Waals surface area contributed by atoms with Crippen molar-refractivity contribution in [2.45, 2.75) is 71.3 Å². The van der Waals surface area contributed by atoms with E-state index < -0.39 is 0 Å². The Hall–Kier alpha value is -0.120. The number of piperidine rings is 1. The van der Waals surface area contributed by atoms with Crippen molar-refractivity contribution >= 4 is 0 Å². The molecule has 1 saturated carbocycles. The second-order valence-electron chi connectivity index (χ2n) is 7.41. The van der Waals surface area contributed by atoms with Gasteiger partial charge in [0.15, 0.2) is 0 Å². The fraction of sp³-hybridized carbons (Fsp3) is 1.00. The molecule has 0 atom stereocenters. The summed E-state index contributed by atoms with van der Waals surface area (Å²) in [5, 5.41) is 3.80. The van der Waals surface area contributed by atoms with E-state index in [4.69, 9.17) is 0 Å². The molecule has 1 saturated heterocycles. The van der Waals surface area contributed by atoms with Gasteiger partial charge in [-0.2, -0.15) is 0 Å². The van der Waals surface area contributed by atoms with Gasteiger partial charge in [-0.3, -0.25) is 0 Å². The standard InChI is InChI=1S/C19H39N3/c1-3-21(4-2)14-8-13-20-19-11-15-22(16-12-19)17-18-9-6-5-7-10-18/h18-20H,3-17H2,1-2H3. The maximum Gasteiger partial charge on any atom is 0.00914 e. The third kappa shape index (κ3) is 6.55. The lowest BCUT2D eigenvalue weighted by atomic mass is 9.88. The zero-order valence-electron chi connectivity index (χ0n) is 15.2. The van der Waals surface area contributed by atoms with Crippen molar-refractivity contribution in [1.29, 1.82) is 0 Å². The van der Waals surface area contributed by atoms with Gasteiger partial charge in [0.05, 0.1) is 0 Å². The highest BCUT2D eigenvalue weighted by Crippen LogP contribution is 2.25. The first-order valence-electron chi connectivity index (χ1n) is 10.00. The van der Waals surface area contributed by atoms with Gasteiger partial charge in [-0.25, -0.2) is 0 Å². The van der Waals surface area contributed by atoms with Crippen LogP contribution in [0.4, 0.5) is 0 Å². The molecule has 0 aromatic carbocycles. The van der Waals surface area contributed by atoms with E-state index in [9.17, 15) is 0 Å². The van der Waals surface area contributed by atoms with Crippen LogP contribution in [0.15, 0.2) is 0 Å². The van der Waals surface area contributed by atoms with E-state index in [0.717, 1.165) is 12.0 Å². The van der Waals surface area contributed by atoms with E-state index in [1.807, 2.05) is 0 Å². The lowest BCUT2D eigenvalue weighted by molar-refractivity contribution is 0.155. The molecule has 3 nitrogen and oxygen atoms in total. The van der Waals surface area contributed by atoms with Gasteiger partial charge in [-0.15, -0.1) is 0 Å². The van der Waals surface area contributed by atoms with Gasteiger partial charge in [0.1, 0.15) is 0 Å².